The molecule has 8 nitrogen and oxygen atoms in total. The highest BCUT2D eigenvalue weighted by Crippen LogP contribution is 2.44. The van der Waals surface area contributed by atoms with Crippen molar-refractivity contribution in [3.63, 3.8) is 0 Å². The zero-order valence-corrected chi connectivity index (χ0v) is 25.7. The van der Waals surface area contributed by atoms with Crippen LogP contribution in [0.5, 0.6) is 23.0 Å². The van der Waals surface area contributed by atoms with Gasteiger partial charge in [-0.1, -0.05) is 30.3 Å². The summed E-state index contributed by atoms with van der Waals surface area (Å²) in [4.78, 5) is 26.7. The van der Waals surface area contributed by atoms with E-state index in [9.17, 15) is 9.59 Å². The lowest BCUT2D eigenvalue weighted by Gasteiger charge is -2.24. The first-order valence-electron chi connectivity index (χ1n) is 12.6. The highest BCUT2D eigenvalue weighted by Gasteiger charge is 2.31. The first kappa shape index (κ1) is 31.0. The molecule has 0 aliphatic rings. The molecule has 3 aromatic carbocycles. The number of ether oxygens (including phenoxy) is 6. The Balaban J connectivity index is 1.98. The van der Waals surface area contributed by atoms with Crippen LogP contribution in [0.25, 0.3) is 0 Å². The van der Waals surface area contributed by atoms with E-state index in [0.29, 0.717) is 34.8 Å². The number of esters is 2. The number of carbonyl (C=O) groups excluding carboxylic acids is 2. The third-order valence-electron chi connectivity index (χ3n) is 5.97. The maximum Gasteiger partial charge on any atom is 0.347 e. The van der Waals surface area contributed by atoms with Gasteiger partial charge in [0.2, 0.25) is 0 Å². The summed E-state index contributed by atoms with van der Waals surface area (Å²) < 4.78 is 34.1. The third-order valence-corrected chi connectivity index (χ3v) is 6.69. The van der Waals surface area contributed by atoms with Crippen molar-refractivity contribution in [1.82, 2.24) is 0 Å². The number of benzene rings is 3. The summed E-state index contributed by atoms with van der Waals surface area (Å²) in [5.41, 5.74) is 2.46. The Hall–Kier alpha value is -3.56. The number of carbonyl (C=O) groups is 2. The first-order chi connectivity index (χ1) is 18.9. The molecule has 9 heteroatoms. The lowest BCUT2D eigenvalue weighted by atomic mass is 10.0. The van der Waals surface area contributed by atoms with Crippen LogP contribution >= 0.6 is 15.9 Å². The molecule has 0 saturated heterocycles. The average Bonchev–Trinajstić information content (AvgIpc) is 2.90. The van der Waals surface area contributed by atoms with Crippen molar-refractivity contribution in [1.29, 1.82) is 0 Å². The molecule has 3 rings (SSSR count). The van der Waals surface area contributed by atoms with Crippen molar-refractivity contribution in [2.45, 2.75) is 53.8 Å². The van der Waals surface area contributed by atoms with E-state index in [1.807, 2.05) is 30.3 Å². The Bertz CT molecular complexity index is 1380. The van der Waals surface area contributed by atoms with Crippen LogP contribution in [-0.4, -0.2) is 38.6 Å². The molecule has 0 heterocycles. The van der Waals surface area contributed by atoms with E-state index in [0.717, 1.165) is 5.56 Å². The van der Waals surface area contributed by atoms with Gasteiger partial charge in [0.1, 0.15) is 39.3 Å². The van der Waals surface area contributed by atoms with Crippen LogP contribution in [0.2, 0.25) is 0 Å². The summed E-state index contributed by atoms with van der Waals surface area (Å²) in [6.45, 7) is 10.8. The smallest absolute Gasteiger partial charge is 0.347 e. The van der Waals surface area contributed by atoms with E-state index in [-0.39, 0.29) is 33.9 Å². The molecule has 40 heavy (non-hydrogen) atoms. The molecule has 0 radical (unpaired) electrons. The van der Waals surface area contributed by atoms with Gasteiger partial charge in [-0.15, -0.1) is 0 Å². The Labute approximate surface area is 243 Å². The SMILES string of the molecule is COCOc1c(Br)c(OC(=O)c2c(C)cc(OCc3ccccc3)cc2OC)c(C)c(C)c1C(=O)OC(C)(C)C. The molecule has 0 aliphatic carbocycles. The van der Waals surface area contributed by atoms with Crippen LogP contribution in [0.15, 0.2) is 46.9 Å². The molecular formula is C31H35BrO8. The van der Waals surface area contributed by atoms with E-state index in [2.05, 4.69) is 15.9 Å². The zero-order chi connectivity index (χ0) is 29.6. The topological polar surface area (TPSA) is 89.5 Å². The Morgan fingerprint density at radius 1 is 0.850 bits per heavy atom. The van der Waals surface area contributed by atoms with Gasteiger partial charge in [0.05, 0.1) is 7.11 Å². The van der Waals surface area contributed by atoms with E-state index in [4.69, 9.17) is 28.4 Å². The second-order valence-corrected chi connectivity index (χ2v) is 10.9. The quantitative estimate of drug-likeness (QED) is 0.135. The molecule has 3 aromatic rings. The fourth-order valence-electron chi connectivity index (χ4n) is 3.97. The largest absolute Gasteiger partial charge is 0.496 e. The van der Waals surface area contributed by atoms with Crippen LogP contribution < -0.4 is 18.9 Å². The van der Waals surface area contributed by atoms with Gasteiger partial charge in [-0.25, -0.2) is 9.59 Å². The Morgan fingerprint density at radius 3 is 2.12 bits per heavy atom. The summed E-state index contributed by atoms with van der Waals surface area (Å²) in [7, 11) is 2.94. The van der Waals surface area contributed by atoms with Gasteiger partial charge in [-0.2, -0.15) is 0 Å². The average molecular weight is 616 g/mol. The van der Waals surface area contributed by atoms with Gasteiger partial charge in [0.25, 0.3) is 0 Å². The van der Waals surface area contributed by atoms with Crippen LogP contribution in [0, 0.1) is 20.8 Å². The third kappa shape index (κ3) is 7.34. The van der Waals surface area contributed by atoms with Gasteiger partial charge in [-0.05, 0) is 85.8 Å². The maximum absolute atomic E-state index is 13.5. The fourth-order valence-corrected chi connectivity index (χ4v) is 4.66. The highest BCUT2D eigenvalue weighted by atomic mass is 79.9. The first-order valence-corrected chi connectivity index (χ1v) is 13.4. The zero-order valence-electron chi connectivity index (χ0n) is 24.1. The Kier molecular flexibility index (Phi) is 10.2. The van der Waals surface area contributed by atoms with Crippen LogP contribution in [0.4, 0.5) is 0 Å². The number of rotatable bonds is 10. The molecule has 0 aromatic heterocycles. The molecule has 0 N–H and O–H groups in total. The van der Waals surface area contributed by atoms with Gasteiger partial charge < -0.3 is 28.4 Å². The number of aryl methyl sites for hydroxylation is 1. The highest BCUT2D eigenvalue weighted by molar-refractivity contribution is 9.10. The van der Waals surface area contributed by atoms with Crippen molar-refractivity contribution < 1.29 is 38.0 Å². The van der Waals surface area contributed by atoms with Crippen molar-refractivity contribution in [2.24, 2.45) is 0 Å². The van der Waals surface area contributed by atoms with Gasteiger partial charge in [0, 0.05) is 13.2 Å². The molecular weight excluding hydrogens is 580 g/mol. The number of methoxy groups -OCH3 is 2. The monoisotopic (exact) mass is 614 g/mol. The summed E-state index contributed by atoms with van der Waals surface area (Å²) >= 11 is 3.49. The summed E-state index contributed by atoms with van der Waals surface area (Å²) in [6.07, 6.45) is 0. The fraction of sp³-hybridized carbons (Fsp3) is 0.355. The van der Waals surface area contributed by atoms with E-state index in [1.54, 1.807) is 53.7 Å². The normalized spacial score (nSPS) is 11.1. The predicted molar refractivity (Wildman–Crippen MR) is 155 cm³/mol. The minimum Gasteiger partial charge on any atom is -0.496 e. The molecule has 0 atom stereocenters. The predicted octanol–water partition coefficient (Wildman–Crippen LogP) is 7.12. The molecule has 0 unspecified atom stereocenters. The van der Waals surface area contributed by atoms with Gasteiger partial charge in [-0.3, -0.25) is 0 Å². The minimum atomic E-state index is -0.724. The Morgan fingerprint density at radius 2 is 1.52 bits per heavy atom. The van der Waals surface area contributed by atoms with Crippen molar-refractivity contribution in [3.8, 4) is 23.0 Å². The van der Waals surface area contributed by atoms with Gasteiger partial charge >= 0.3 is 11.9 Å². The minimum absolute atomic E-state index is 0.137. The van der Waals surface area contributed by atoms with Crippen LogP contribution in [0.3, 0.4) is 0 Å². The van der Waals surface area contributed by atoms with Crippen LogP contribution in [0.1, 0.15) is 63.7 Å². The van der Waals surface area contributed by atoms with Crippen LogP contribution in [-0.2, 0) is 16.1 Å². The lowest BCUT2D eigenvalue weighted by molar-refractivity contribution is 0.00539. The molecule has 0 aliphatic heterocycles. The number of halogens is 1. The summed E-state index contributed by atoms with van der Waals surface area (Å²) in [6, 6.07) is 13.2. The van der Waals surface area contributed by atoms with E-state index < -0.39 is 17.5 Å². The second kappa shape index (κ2) is 13.2. The molecule has 0 amide bonds. The van der Waals surface area contributed by atoms with Gasteiger partial charge in [0.15, 0.2) is 18.3 Å². The van der Waals surface area contributed by atoms with E-state index >= 15 is 0 Å². The van der Waals surface area contributed by atoms with Crippen molar-refractivity contribution in [3.05, 3.63) is 80.3 Å². The second-order valence-electron chi connectivity index (χ2n) is 10.1. The molecule has 0 saturated carbocycles. The van der Waals surface area contributed by atoms with Crippen molar-refractivity contribution in [2.75, 3.05) is 21.0 Å². The summed E-state index contributed by atoms with van der Waals surface area (Å²) in [5, 5.41) is 0. The van der Waals surface area contributed by atoms with E-state index in [1.165, 1.54) is 14.2 Å². The van der Waals surface area contributed by atoms with Crippen molar-refractivity contribution >= 4 is 27.9 Å². The molecule has 0 bridgehead atoms. The standard InChI is InChI=1S/C31H35BrO8/c1-18-14-22(37-16-21-12-10-9-11-13-21)15-23(36-8)24(18)29(33)39-27-20(3)19(2)25(30(34)40-31(4,5)6)28(26(27)32)38-17-35-7/h9-15H,16-17H2,1-8H3. The lowest BCUT2D eigenvalue weighted by Crippen LogP contribution is -2.25. The maximum atomic E-state index is 13.5. The number of hydrogen-bond donors (Lipinski definition) is 0. The number of hydrogen-bond acceptors (Lipinski definition) is 8. The molecule has 214 valence electrons. The summed E-state index contributed by atoms with van der Waals surface area (Å²) in [5.74, 6) is -0.00177. The molecule has 0 spiro atoms. The molecule has 0 fully saturated rings.